The second kappa shape index (κ2) is 9.68. The molecule has 0 radical (unpaired) electrons. The Morgan fingerprint density at radius 3 is 2.07 bits per heavy atom. The van der Waals surface area contributed by atoms with Crippen LogP contribution in [0, 0.1) is 34.6 Å². The fourth-order valence-corrected chi connectivity index (χ4v) is 4.09. The number of carbonyl (C=O) groups is 1. The molecule has 0 fully saturated rings. The van der Waals surface area contributed by atoms with E-state index in [4.69, 9.17) is 5.11 Å². The van der Waals surface area contributed by atoms with E-state index in [-0.39, 0.29) is 6.42 Å². The van der Waals surface area contributed by atoms with E-state index in [1.54, 1.807) is 0 Å². The van der Waals surface area contributed by atoms with Gasteiger partial charge in [-0.1, -0.05) is 25.3 Å². The Balaban J connectivity index is 2.26. The molecule has 0 saturated carbocycles. The maximum atomic E-state index is 10.7. The number of pyridine rings is 1. The van der Waals surface area contributed by atoms with Gasteiger partial charge in [0.05, 0.1) is 0 Å². The zero-order valence-electron chi connectivity index (χ0n) is 17.4. The fourth-order valence-electron chi connectivity index (χ4n) is 4.09. The van der Waals surface area contributed by atoms with Gasteiger partial charge in [-0.2, -0.15) is 0 Å². The summed E-state index contributed by atoms with van der Waals surface area (Å²) in [7, 11) is 0. The second-order valence-electron chi connectivity index (χ2n) is 7.72. The topological polar surface area (TPSA) is 50.2 Å². The highest BCUT2D eigenvalue weighted by atomic mass is 16.4. The molecule has 0 aliphatic heterocycles. The third kappa shape index (κ3) is 5.18. The summed E-state index contributed by atoms with van der Waals surface area (Å²) in [6.07, 6.45) is 9.11. The fraction of sp³-hybridized carbons (Fsp3) is 0.500. The number of aliphatic carboxylic acids is 1. The molecule has 2 aromatic rings. The van der Waals surface area contributed by atoms with Gasteiger partial charge < -0.3 is 5.11 Å². The highest BCUT2D eigenvalue weighted by molar-refractivity contribution is 5.66. The molecular weight excluding hydrogens is 334 g/mol. The van der Waals surface area contributed by atoms with Gasteiger partial charge in [-0.3, -0.25) is 9.78 Å². The van der Waals surface area contributed by atoms with Crippen LogP contribution in [0.5, 0.6) is 0 Å². The summed E-state index contributed by atoms with van der Waals surface area (Å²) in [4.78, 5) is 15.0. The SMILES string of the molecule is Cc1c(C)c(C)c(C(CCCCCCC(=O)O)c2cccnc2)c(C)c1C. The maximum absolute atomic E-state index is 10.7. The van der Waals surface area contributed by atoms with Gasteiger partial charge in [-0.05, 0) is 92.5 Å². The Morgan fingerprint density at radius 2 is 1.52 bits per heavy atom. The van der Waals surface area contributed by atoms with Crippen LogP contribution >= 0.6 is 0 Å². The van der Waals surface area contributed by atoms with E-state index in [2.05, 4.69) is 45.7 Å². The van der Waals surface area contributed by atoms with Crippen LogP contribution in [0.4, 0.5) is 0 Å². The number of unbranched alkanes of at least 4 members (excludes halogenated alkanes) is 3. The number of hydrogen-bond acceptors (Lipinski definition) is 2. The highest BCUT2D eigenvalue weighted by Gasteiger charge is 2.22. The molecule has 0 spiro atoms. The Bertz CT molecular complexity index is 752. The lowest BCUT2D eigenvalue weighted by molar-refractivity contribution is -0.137. The van der Waals surface area contributed by atoms with Crippen molar-refractivity contribution in [2.45, 2.75) is 79.1 Å². The zero-order chi connectivity index (χ0) is 20.0. The van der Waals surface area contributed by atoms with Crippen molar-refractivity contribution in [1.82, 2.24) is 4.98 Å². The first kappa shape index (κ1) is 21.1. The lowest BCUT2D eigenvalue weighted by Crippen LogP contribution is -2.10. The van der Waals surface area contributed by atoms with Crippen molar-refractivity contribution in [2.24, 2.45) is 0 Å². The predicted octanol–water partition coefficient (Wildman–Crippen LogP) is 6.18. The van der Waals surface area contributed by atoms with Crippen molar-refractivity contribution < 1.29 is 9.90 Å². The second-order valence-corrected chi connectivity index (χ2v) is 7.72. The van der Waals surface area contributed by atoms with Crippen LogP contribution in [0.25, 0.3) is 0 Å². The molecule has 1 unspecified atom stereocenters. The van der Waals surface area contributed by atoms with Crippen molar-refractivity contribution >= 4 is 5.97 Å². The number of benzene rings is 1. The Hall–Kier alpha value is -2.16. The molecule has 27 heavy (non-hydrogen) atoms. The average molecular weight is 368 g/mol. The summed E-state index contributed by atoms with van der Waals surface area (Å²) < 4.78 is 0. The summed E-state index contributed by atoms with van der Waals surface area (Å²) in [6.45, 7) is 11.2. The normalized spacial score (nSPS) is 12.2. The van der Waals surface area contributed by atoms with E-state index >= 15 is 0 Å². The monoisotopic (exact) mass is 367 g/mol. The zero-order valence-corrected chi connectivity index (χ0v) is 17.4. The van der Waals surface area contributed by atoms with Crippen LogP contribution in [0.15, 0.2) is 24.5 Å². The van der Waals surface area contributed by atoms with Gasteiger partial charge in [-0.15, -0.1) is 0 Å². The lowest BCUT2D eigenvalue weighted by Gasteiger charge is -2.26. The molecule has 0 aliphatic rings. The van der Waals surface area contributed by atoms with Crippen molar-refractivity contribution in [2.75, 3.05) is 0 Å². The molecule has 0 bridgehead atoms. The first-order valence-corrected chi connectivity index (χ1v) is 10.0. The van der Waals surface area contributed by atoms with Crippen LogP contribution in [-0.2, 0) is 4.79 Å². The summed E-state index contributed by atoms with van der Waals surface area (Å²) in [5, 5.41) is 8.78. The molecule has 1 N–H and O–H groups in total. The highest BCUT2D eigenvalue weighted by Crippen LogP contribution is 2.37. The maximum Gasteiger partial charge on any atom is 0.303 e. The average Bonchev–Trinajstić information content (AvgIpc) is 2.66. The summed E-state index contributed by atoms with van der Waals surface area (Å²) in [6, 6.07) is 4.21. The van der Waals surface area contributed by atoms with Crippen molar-refractivity contribution in [1.29, 1.82) is 0 Å². The van der Waals surface area contributed by atoms with Crippen molar-refractivity contribution in [3.63, 3.8) is 0 Å². The standard InChI is InChI=1S/C24H33NO2/c1-16-17(2)19(4)24(20(5)18(16)3)22(21-11-10-14-25-15-21)12-8-6-7-9-13-23(26)27/h10-11,14-15,22H,6-9,12-13H2,1-5H3,(H,26,27). The molecule has 3 nitrogen and oxygen atoms in total. The first-order chi connectivity index (χ1) is 12.8. The number of carboxylic acid groups (broad SMARTS) is 1. The smallest absolute Gasteiger partial charge is 0.303 e. The van der Waals surface area contributed by atoms with Crippen LogP contribution in [0.1, 0.15) is 83.4 Å². The summed E-state index contributed by atoms with van der Waals surface area (Å²) >= 11 is 0. The van der Waals surface area contributed by atoms with E-state index in [0.717, 1.165) is 32.1 Å². The molecular formula is C24H33NO2. The minimum absolute atomic E-state index is 0.278. The molecule has 3 heteroatoms. The first-order valence-electron chi connectivity index (χ1n) is 10.0. The van der Waals surface area contributed by atoms with E-state index in [0.29, 0.717) is 5.92 Å². The number of rotatable bonds is 9. The van der Waals surface area contributed by atoms with Gasteiger partial charge in [0.25, 0.3) is 0 Å². The Kier molecular flexibility index (Phi) is 7.58. The molecule has 1 aromatic carbocycles. The molecule has 146 valence electrons. The van der Waals surface area contributed by atoms with Gasteiger partial charge in [-0.25, -0.2) is 0 Å². The van der Waals surface area contributed by atoms with Crippen LogP contribution in [-0.4, -0.2) is 16.1 Å². The van der Waals surface area contributed by atoms with Gasteiger partial charge >= 0.3 is 5.97 Å². The molecule has 0 saturated heterocycles. The molecule has 1 aromatic heterocycles. The Labute approximate surface area is 163 Å². The van der Waals surface area contributed by atoms with Gasteiger partial charge in [0, 0.05) is 24.7 Å². The summed E-state index contributed by atoms with van der Waals surface area (Å²) in [5.41, 5.74) is 9.70. The Morgan fingerprint density at radius 1 is 0.926 bits per heavy atom. The molecule has 2 rings (SSSR count). The summed E-state index contributed by atoms with van der Waals surface area (Å²) in [5.74, 6) is -0.351. The van der Waals surface area contributed by atoms with Gasteiger partial charge in [0.15, 0.2) is 0 Å². The third-order valence-corrected chi connectivity index (χ3v) is 6.13. The number of hydrogen-bond donors (Lipinski definition) is 1. The third-order valence-electron chi connectivity index (χ3n) is 6.13. The number of aromatic nitrogens is 1. The number of nitrogens with zero attached hydrogens (tertiary/aromatic N) is 1. The van der Waals surface area contributed by atoms with Crippen LogP contribution in [0.3, 0.4) is 0 Å². The molecule has 1 heterocycles. The van der Waals surface area contributed by atoms with Crippen LogP contribution < -0.4 is 0 Å². The predicted molar refractivity (Wildman–Crippen MR) is 112 cm³/mol. The lowest BCUT2D eigenvalue weighted by atomic mass is 9.79. The van der Waals surface area contributed by atoms with Crippen molar-refractivity contribution in [3.05, 3.63) is 63.5 Å². The van der Waals surface area contributed by atoms with E-state index in [9.17, 15) is 4.79 Å². The quantitative estimate of drug-likeness (QED) is 0.538. The van der Waals surface area contributed by atoms with Crippen LogP contribution in [0.2, 0.25) is 0 Å². The molecule has 0 aliphatic carbocycles. The van der Waals surface area contributed by atoms with Crippen molar-refractivity contribution in [3.8, 4) is 0 Å². The minimum atomic E-state index is -0.694. The molecule has 0 amide bonds. The van der Waals surface area contributed by atoms with E-state index in [1.807, 2.05) is 18.5 Å². The number of carboxylic acids is 1. The minimum Gasteiger partial charge on any atom is -0.481 e. The van der Waals surface area contributed by atoms with E-state index < -0.39 is 5.97 Å². The molecule has 1 atom stereocenters. The largest absolute Gasteiger partial charge is 0.481 e. The van der Waals surface area contributed by atoms with Gasteiger partial charge in [0.2, 0.25) is 0 Å². The van der Waals surface area contributed by atoms with E-state index in [1.165, 1.54) is 38.9 Å². The van der Waals surface area contributed by atoms with Gasteiger partial charge in [0.1, 0.15) is 0 Å².